The molecule has 96 valence electrons. The quantitative estimate of drug-likeness (QED) is 0.829. The van der Waals surface area contributed by atoms with Crippen LogP contribution in [0.2, 0.25) is 0 Å². The van der Waals surface area contributed by atoms with Gasteiger partial charge in [-0.2, -0.15) is 0 Å². The summed E-state index contributed by atoms with van der Waals surface area (Å²) in [4.78, 5) is 0. The highest BCUT2D eigenvalue weighted by Crippen LogP contribution is 2.22. The molecule has 17 heavy (non-hydrogen) atoms. The minimum absolute atomic E-state index is 0.00949. The van der Waals surface area contributed by atoms with Crippen molar-refractivity contribution in [3.8, 4) is 0 Å². The summed E-state index contributed by atoms with van der Waals surface area (Å²) < 4.78 is 31.0. The van der Waals surface area contributed by atoms with Gasteiger partial charge in [-0.15, -0.1) is 0 Å². The van der Waals surface area contributed by atoms with Gasteiger partial charge in [0.25, 0.3) is 0 Å². The number of benzene rings is 1. The Morgan fingerprint density at radius 2 is 2.00 bits per heavy atom. The molecule has 0 aliphatic carbocycles. The van der Waals surface area contributed by atoms with Gasteiger partial charge in [-0.3, -0.25) is 0 Å². The van der Waals surface area contributed by atoms with Gasteiger partial charge in [0.15, 0.2) is 11.6 Å². The molecule has 0 heterocycles. The highest BCUT2D eigenvalue weighted by Gasteiger charge is 2.15. The third-order valence-electron chi connectivity index (χ3n) is 2.78. The normalized spacial score (nSPS) is 14.6. The number of hydrogen-bond donors (Lipinski definition) is 1. The fraction of sp³-hybridized carbons (Fsp3) is 0.538. The van der Waals surface area contributed by atoms with Crippen molar-refractivity contribution in [1.82, 2.24) is 5.32 Å². The Morgan fingerprint density at radius 1 is 1.29 bits per heavy atom. The zero-order chi connectivity index (χ0) is 12.8. The third kappa shape index (κ3) is 4.06. The van der Waals surface area contributed by atoms with Crippen LogP contribution in [0.4, 0.5) is 8.78 Å². The van der Waals surface area contributed by atoms with Crippen LogP contribution in [0.3, 0.4) is 0 Å². The number of hydrogen-bond acceptors (Lipinski definition) is 2. The minimum Gasteiger partial charge on any atom is -0.384 e. The van der Waals surface area contributed by atoms with Crippen LogP contribution in [-0.4, -0.2) is 20.8 Å². The van der Waals surface area contributed by atoms with E-state index in [9.17, 15) is 8.78 Å². The zero-order valence-electron chi connectivity index (χ0n) is 10.5. The molecule has 2 atom stereocenters. The first-order chi connectivity index (χ1) is 8.08. The van der Waals surface area contributed by atoms with E-state index in [-0.39, 0.29) is 6.04 Å². The van der Waals surface area contributed by atoms with Crippen molar-refractivity contribution in [3.05, 3.63) is 35.4 Å². The molecule has 0 amide bonds. The first kappa shape index (κ1) is 14.1. The Labute approximate surface area is 101 Å². The largest absolute Gasteiger partial charge is 0.384 e. The number of methoxy groups -OCH3 is 1. The van der Waals surface area contributed by atoms with Crippen LogP contribution in [-0.2, 0) is 4.74 Å². The van der Waals surface area contributed by atoms with Crippen molar-refractivity contribution in [2.24, 2.45) is 5.92 Å². The van der Waals surface area contributed by atoms with E-state index in [2.05, 4.69) is 12.2 Å². The maximum atomic E-state index is 13.1. The second-order valence-corrected chi connectivity index (χ2v) is 4.31. The molecule has 0 fully saturated rings. The van der Waals surface area contributed by atoms with Gasteiger partial charge in [-0.1, -0.05) is 13.0 Å². The Kier molecular flexibility index (Phi) is 5.51. The molecule has 2 unspecified atom stereocenters. The summed E-state index contributed by atoms with van der Waals surface area (Å²) in [7, 11) is 3.47. The smallest absolute Gasteiger partial charge is 0.159 e. The molecule has 0 spiro atoms. The first-order valence-corrected chi connectivity index (χ1v) is 5.69. The average Bonchev–Trinajstić information content (AvgIpc) is 2.30. The van der Waals surface area contributed by atoms with Crippen LogP contribution in [0.1, 0.15) is 24.9 Å². The Bertz CT molecular complexity index is 357. The second-order valence-electron chi connectivity index (χ2n) is 4.31. The van der Waals surface area contributed by atoms with Crippen LogP contribution >= 0.6 is 0 Å². The van der Waals surface area contributed by atoms with Gasteiger partial charge >= 0.3 is 0 Å². The van der Waals surface area contributed by atoms with Gasteiger partial charge in [0.1, 0.15) is 0 Å². The first-order valence-electron chi connectivity index (χ1n) is 5.69. The van der Waals surface area contributed by atoms with Gasteiger partial charge in [0.2, 0.25) is 0 Å². The Morgan fingerprint density at radius 3 is 2.53 bits per heavy atom. The lowest BCUT2D eigenvalue weighted by molar-refractivity contribution is 0.150. The van der Waals surface area contributed by atoms with Gasteiger partial charge in [0.05, 0.1) is 0 Å². The zero-order valence-corrected chi connectivity index (χ0v) is 10.5. The Hall–Kier alpha value is -1.00. The summed E-state index contributed by atoms with van der Waals surface area (Å²) in [6.45, 7) is 2.72. The van der Waals surface area contributed by atoms with Crippen molar-refractivity contribution in [2.45, 2.75) is 19.4 Å². The van der Waals surface area contributed by atoms with E-state index in [0.717, 1.165) is 18.1 Å². The predicted octanol–water partition coefficient (Wildman–Crippen LogP) is 2.90. The lowest BCUT2D eigenvalue weighted by Crippen LogP contribution is -2.21. The third-order valence-corrected chi connectivity index (χ3v) is 2.78. The van der Waals surface area contributed by atoms with E-state index in [1.165, 1.54) is 6.07 Å². The molecular weight excluding hydrogens is 224 g/mol. The van der Waals surface area contributed by atoms with Crippen LogP contribution in [0.25, 0.3) is 0 Å². The molecular formula is C13H19F2NO. The van der Waals surface area contributed by atoms with Crippen LogP contribution in [0.15, 0.2) is 18.2 Å². The van der Waals surface area contributed by atoms with E-state index in [4.69, 9.17) is 4.74 Å². The van der Waals surface area contributed by atoms with Crippen molar-refractivity contribution in [1.29, 1.82) is 0 Å². The van der Waals surface area contributed by atoms with E-state index in [0.29, 0.717) is 12.5 Å². The van der Waals surface area contributed by atoms with Crippen LogP contribution < -0.4 is 5.32 Å². The number of nitrogens with one attached hydrogen (secondary N) is 1. The molecule has 0 saturated carbocycles. The van der Waals surface area contributed by atoms with Crippen LogP contribution in [0, 0.1) is 17.6 Å². The summed E-state index contributed by atoms with van der Waals surface area (Å²) in [5, 5.41) is 3.11. The summed E-state index contributed by atoms with van der Waals surface area (Å²) in [6, 6.07) is 4.03. The van der Waals surface area contributed by atoms with E-state index in [1.807, 2.05) is 7.05 Å². The Balaban J connectivity index is 2.75. The predicted molar refractivity (Wildman–Crippen MR) is 63.8 cm³/mol. The molecule has 0 aliphatic heterocycles. The maximum absolute atomic E-state index is 13.1. The summed E-state index contributed by atoms with van der Waals surface area (Å²) in [6.07, 6.45) is 0.815. The van der Waals surface area contributed by atoms with Gasteiger partial charge in [-0.25, -0.2) is 8.78 Å². The van der Waals surface area contributed by atoms with Crippen molar-refractivity contribution in [2.75, 3.05) is 20.8 Å². The van der Waals surface area contributed by atoms with Crippen molar-refractivity contribution < 1.29 is 13.5 Å². The highest BCUT2D eigenvalue weighted by molar-refractivity contribution is 5.21. The SMILES string of the molecule is CNC(CC(C)COC)c1ccc(F)c(F)c1. The van der Waals surface area contributed by atoms with E-state index >= 15 is 0 Å². The topological polar surface area (TPSA) is 21.3 Å². The molecule has 1 aromatic rings. The number of ether oxygens (including phenoxy) is 1. The molecule has 0 aliphatic rings. The minimum atomic E-state index is -0.812. The van der Waals surface area contributed by atoms with Gasteiger partial charge in [-0.05, 0) is 37.1 Å². The molecule has 0 bridgehead atoms. The summed E-state index contributed by atoms with van der Waals surface area (Å²) in [5.74, 6) is -1.26. The number of rotatable bonds is 6. The van der Waals surface area contributed by atoms with E-state index < -0.39 is 11.6 Å². The molecule has 0 saturated heterocycles. The standard InChI is InChI=1S/C13H19F2NO/c1-9(8-17-3)6-13(16-2)10-4-5-11(14)12(15)7-10/h4-5,7,9,13,16H,6,8H2,1-3H3. The molecule has 1 rings (SSSR count). The fourth-order valence-electron chi connectivity index (χ4n) is 1.90. The lowest BCUT2D eigenvalue weighted by atomic mass is 9.96. The molecule has 1 N–H and O–H groups in total. The van der Waals surface area contributed by atoms with Gasteiger partial charge < -0.3 is 10.1 Å². The highest BCUT2D eigenvalue weighted by atomic mass is 19.2. The number of halogens is 2. The molecule has 2 nitrogen and oxygen atoms in total. The molecule has 4 heteroatoms. The molecule has 0 radical (unpaired) electrons. The second kappa shape index (κ2) is 6.67. The maximum Gasteiger partial charge on any atom is 0.159 e. The monoisotopic (exact) mass is 243 g/mol. The van der Waals surface area contributed by atoms with Gasteiger partial charge in [0, 0.05) is 19.8 Å². The molecule has 1 aromatic carbocycles. The van der Waals surface area contributed by atoms with Crippen molar-refractivity contribution in [3.63, 3.8) is 0 Å². The molecule has 0 aromatic heterocycles. The van der Waals surface area contributed by atoms with E-state index in [1.54, 1.807) is 13.2 Å². The van der Waals surface area contributed by atoms with Crippen LogP contribution in [0.5, 0.6) is 0 Å². The fourth-order valence-corrected chi connectivity index (χ4v) is 1.90. The van der Waals surface area contributed by atoms with Crippen molar-refractivity contribution >= 4 is 0 Å². The lowest BCUT2D eigenvalue weighted by Gasteiger charge is -2.20. The summed E-state index contributed by atoms with van der Waals surface area (Å²) >= 11 is 0. The summed E-state index contributed by atoms with van der Waals surface area (Å²) in [5.41, 5.74) is 0.759. The average molecular weight is 243 g/mol.